The first-order valence-corrected chi connectivity index (χ1v) is 30.6. The Kier molecular flexibility index (Phi) is 9.53. The van der Waals surface area contributed by atoms with E-state index in [-0.39, 0.29) is 5.41 Å². The van der Waals surface area contributed by atoms with Gasteiger partial charge in [-0.15, -0.1) is 0 Å². The van der Waals surface area contributed by atoms with E-state index in [1.807, 2.05) is 0 Å². The van der Waals surface area contributed by atoms with Gasteiger partial charge in [0.2, 0.25) is 0 Å². The van der Waals surface area contributed by atoms with Crippen molar-refractivity contribution < 1.29 is 0 Å². The fraction of sp³-hybridized carbons (Fsp3) is 0.108. The predicted molar refractivity (Wildman–Crippen MR) is 353 cm³/mol. The smallest absolute Gasteiger partial charge is 0.0754 e. The van der Waals surface area contributed by atoms with E-state index in [4.69, 9.17) is 0 Å². The maximum absolute atomic E-state index is 2.60. The zero-order valence-corrected chi connectivity index (χ0v) is 47.6. The first kappa shape index (κ1) is 47.5. The number of hydrogen-bond donors (Lipinski definition) is 0. The molecule has 0 N–H and O–H groups in total. The van der Waals surface area contributed by atoms with Gasteiger partial charge in [-0.3, -0.25) is 0 Å². The van der Waals surface area contributed by atoms with Gasteiger partial charge >= 0.3 is 0 Å². The molecule has 13 aromatic carbocycles. The molecule has 85 heavy (non-hydrogen) atoms. The summed E-state index contributed by atoms with van der Waals surface area (Å²) < 4.78 is 0. The third-order valence-corrected chi connectivity index (χ3v) is 21.4. The highest BCUT2D eigenvalue weighted by molar-refractivity contribution is 6.21. The molecule has 2 heteroatoms. The van der Waals surface area contributed by atoms with E-state index in [0.29, 0.717) is 0 Å². The average molecular weight is 1080 g/mol. The molecule has 0 atom stereocenters. The lowest BCUT2D eigenvalue weighted by Crippen LogP contribution is -2.36. The molecule has 6 aliphatic rings. The van der Waals surface area contributed by atoms with Crippen molar-refractivity contribution in [1.29, 1.82) is 0 Å². The molecule has 0 amide bonds. The van der Waals surface area contributed by atoms with Crippen molar-refractivity contribution in [2.45, 2.75) is 41.9 Å². The van der Waals surface area contributed by atoms with E-state index in [1.54, 1.807) is 0 Å². The van der Waals surface area contributed by atoms with Gasteiger partial charge in [0.15, 0.2) is 0 Å². The summed E-state index contributed by atoms with van der Waals surface area (Å²) in [4.78, 5) is 5.01. The maximum Gasteiger partial charge on any atom is 0.0754 e. The molecule has 0 bridgehead atoms. The van der Waals surface area contributed by atoms with Crippen LogP contribution in [-0.4, -0.2) is 14.1 Å². The van der Waals surface area contributed by atoms with Gasteiger partial charge in [-0.05, 0) is 164 Å². The van der Waals surface area contributed by atoms with Crippen LogP contribution in [0.1, 0.15) is 81.3 Å². The molecule has 1 fully saturated rings. The van der Waals surface area contributed by atoms with Crippen LogP contribution in [0.5, 0.6) is 0 Å². The Labute approximate surface area is 496 Å². The van der Waals surface area contributed by atoms with Gasteiger partial charge in [0.05, 0.1) is 22.2 Å². The molecule has 13 aromatic rings. The van der Waals surface area contributed by atoms with Gasteiger partial charge in [0.1, 0.15) is 0 Å². The SMILES string of the molecule is CN1c2ccccc2C2(c3ccccc3-c3ccccc32)c2cccc(-c3cccc4c(-c5cccc6c5C5(CCCC5)c5ccccc5-6)c5cccc(-c6cccc7c6N(C)c6ccccc6C76c7ccccc7-c7ccccc76)c5cc34)c21. The first-order valence-electron chi connectivity index (χ1n) is 30.6. The molecular weight excluding hydrogens is 1020 g/mol. The van der Waals surface area contributed by atoms with Crippen LogP contribution >= 0.6 is 0 Å². The Hall–Kier alpha value is -10.0. The Morgan fingerprint density at radius 3 is 1.04 bits per heavy atom. The minimum atomic E-state index is -0.527. The third-order valence-electron chi connectivity index (χ3n) is 21.4. The van der Waals surface area contributed by atoms with Crippen LogP contribution in [0.4, 0.5) is 22.7 Å². The summed E-state index contributed by atoms with van der Waals surface area (Å²) in [5.41, 5.74) is 33.2. The summed E-state index contributed by atoms with van der Waals surface area (Å²) >= 11 is 0. The Balaban J connectivity index is 0.935. The molecule has 0 radical (unpaired) electrons. The third kappa shape index (κ3) is 5.76. The van der Waals surface area contributed by atoms with Crippen LogP contribution in [0, 0.1) is 0 Å². The van der Waals surface area contributed by atoms with Crippen LogP contribution in [0.2, 0.25) is 0 Å². The van der Waals surface area contributed by atoms with Crippen LogP contribution in [-0.2, 0) is 16.2 Å². The van der Waals surface area contributed by atoms with Crippen molar-refractivity contribution in [3.05, 3.63) is 323 Å². The minimum absolute atomic E-state index is 0.0557. The second kappa shape index (κ2) is 17.1. The molecule has 1 saturated carbocycles. The summed E-state index contributed by atoms with van der Waals surface area (Å²) in [6, 6.07) is 103. The van der Waals surface area contributed by atoms with Crippen molar-refractivity contribution in [3.8, 4) is 66.8 Å². The molecule has 19 rings (SSSR count). The molecule has 0 saturated heterocycles. The van der Waals surface area contributed by atoms with Gasteiger partial charge in [-0.1, -0.05) is 262 Å². The summed E-state index contributed by atoms with van der Waals surface area (Å²) in [7, 11) is 4.61. The van der Waals surface area contributed by atoms with Gasteiger partial charge in [0.25, 0.3) is 0 Å². The highest BCUT2D eigenvalue weighted by Crippen LogP contribution is 2.67. The predicted octanol–water partition coefficient (Wildman–Crippen LogP) is 20.7. The summed E-state index contributed by atoms with van der Waals surface area (Å²) in [6.45, 7) is 0. The van der Waals surface area contributed by atoms with E-state index in [1.165, 1.54) is 180 Å². The van der Waals surface area contributed by atoms with E-state index >= 15 is 0 Å². The zero-order chi connectivity index (χ0) is 55.9. The first-order chi connectivity index (χ1) is 42.0. The van der Waals surface area contributed by atoms with Crippen LogP contribution in [0.3, 0.4) is 0 Å². The normalized spacial score (nSPS) is 15.9. The minimum Gasteiger partial charge on any atom is -0.344 e. The topological polar surface area (TPSA) is 6.48 Å². The summed E-state index contributed by atoms with van der Waals surface area (Å²) in [6.07, 6.45) is 4.77. The quantitative estimate of drug-likeness (QED) is 0.163. The Morgan fingerprint density at radius 1 is 0.259 bits per heavy atom. The van der Waals surface area contributed by atoms with Crippen LogP contribution < -0.4 is 9.80 Å². The average Bonchev–Trinajstić information content (AvgIpc) is 1.71. The highest BCUT2D eigenvalue weighted by Gasteiger charge is 2.54. The van der Waals surface area contributed by atoms with Crippen molar-refractivity contribution in [3.63, 3.8) is 0 Å². The fourth-order valence-electron chi connectivity index (χ4n) is 18.4. The lowest BCUT2D eigenvalue weighted by Gasteiger charge is -2.44. The molecule has 0 unspecified atom stereocenters. The number of rotatable bonds is 3. The second-order valence-corrected chi connectivity index (χ2v) is 24.9. The number of para-hydroxylation sites is 4. The van der Waals surface area contributed by atoms with Gasteiger partial charge in [0, 0.05) is 42.0 Å². The number of nitrogens with zero attached hydrogens (tertiary/aromatic N) is 2. The van der Waals surface area contributed by atoms with Crippen molar-refractivity contribution in [2.24, 2.45) is 0 Å². The molecule has 400 valence electrons. The summed E-state index contributed by atoms with van der Waals surface area (Å²) in [5.74, 6) is 0. The van der Waals surface area contributed by atoms with Crippen LogP contribution in [0.15, 0.2) is 267 Å². The Bertz CT molecular complexity index is 4740. The second-order valence-electron chi connectivity index (χ2n) is 24.9. The van der Waals surface area contributed by atoms with E-state index in [9.17, 15) is 0 Å². The monoisotopic (exact) mass is 1080 g/mol. The Morgan fingerprint density at radius 2 is 0.576 bits per heavy atom. The molecular formula is C83H58N2. The molecule has 0 aromatic heterocycles. The fourth-order valence-corrected chi connectivity index (χ4v) is 18.4. The molecule has 3 spiro atoms. The van der Waals surface area contributed by atoms with Crippen molar-refractivity contribution >= 4 is 44.3 Å². The largest absolute Gasteiger partial charge is 0.344 e. The number of hydrogen-bond acceptors (Lipinski definition) is 2. The van der Waals surface area contributed by atoms with Crippen molar-refractivity contribution in [1.82, 2.24) is 0 Å². The maximum atomic E-state index is 2.60. The van der Waals surface area contributed by atoms with Gasteiger partial charge in [-0.2, -0.15) is 0 Å². The number of benzene rings is 13. The van der Waals surface area contributed by atoms with E-state index in [0.717, 1.165) is 12.8 Å². The molecule has 2 aliphatic heterocycles. The van der Waals surface area contributed by atoms with Crippen LogP contribution in [0.25, 0.3) is 88.3 Å². The van der Waals surface area contributed by atoms with E-state index < -0.39 is 10.8 Å². The standard InChI is InChI=1S/C83H58N2/c1-84-75-46-15-13-42-71(75)82(67-38-9-4-24-53(67)54-25-5-10-39-68(54)82)73-44-22-34-61(79(73)84)51-29-19-31-58-64(51)50-65-52(30-20-32-59(65)77(58)63-36-21-33-60-57-28-3-8-37-66(57)81(78(60)63)48-17-18-49-81)62-35-23-45-74-80(62)85(2)76-47-16-14-43-72(76)83(74)69-40-11-6-26-55(69)56-27-7-12-41-70(56)83/h3-16,19-47,50H,17-18,48-49H2,1-2H3. The molecule has 2 nitrogen and oxygen atoms in total. The van der Waals surface area contributed by atoms with Gasteiger partial charge in [-0.25, -0.2) is 0 Å². The lowest BCUT2D eigenvalue weighted by molar-refractivity contribution is 0.551. The highest BCUT2D eigenvalue weighted by atomic mass is 15.1. The van der Waals surface area contributed by atoms with Gasteiger partial charge < -0.3 is 9.80 Å². The number of anilines is 4. The van der Waals surface area contributed by atoms with E-state index in [2.05, 4.69) is 291 Å². The zero-order valence-electron chi connectivity index (χ0n) is 47.6. The summed E-state index contributed by atoms with van der Waals surface area (Å²) in [5, 5.41) is 5.07. The lowest BCUT2D eigenvalue weighted by atomic mass is 9.64. The van der Waals surface area contributed by atoms with Crippen molar-refractivity contribution in [2.75, 3.05) is 23.9 Å². The number of fused-ring (bicyclic) bond motifs is 25. The molecule has 4 aliphatic carbocycles. The molecule has 2 heterocycles.